The van der Waals surface area contributed by atoms with E-state index in [9.17, 15) is 9.59 Å². The van der Waals surface area contributed by atoms with Crippen LogP contribution in [-0.4, -0.2) is 29.9 Å². The normalized spacial score (nSPS) is 10.5. The molecule has 0 aliphatic heterocycles. The van der Waals surface area contributed by atoms with Gasteiger partial charge >= 0.3 is 0 Å². The summed E-state index contributed by atoms with van der Waals surface area (Å²) in [6, 6.07) is 13.5. The smallest absolute Gasteiger partial charge is 0.271 e. The molecular weight excluding hydrogens is 350 g/mol. The van der Waals surface area contributed by atoms with Crippen molar-refractivity contribution in [3.8, 4) is 10.8 Å². The van der Waals surface area contributed by atoms with Crippen LogP contribution in [-0.2, 0) is 11.2 Å². The Labute approximate surface area is 155 Å². The molecule has 0 atom stereocenters. The zero-order valence-corrected chi connectivity index (χ0v) is 15.1. The van der Waals surface area contributed by atoms with Gasteiger partial charge in [-0.05, 0) is 31.0 Å². The van der Waals surface area contributed by atoms with Crippen LogP contribution in [0.1, 0.15) is 20.9 Å². The van der Waals surface area contributed by atoms with Gasteiger partial charge in [0.05, 0.1) is 12.8 Å². The molecule has 0 aliphatic rings. The second-order valence-corrected chi connectivity index (χ2v) is 6.87. The molecule has 7 heteroatoms. The number of carbonyl (C=O) groups excluding carboxylic acids is 2. The summed E-state index contributed by atoms with van der Waals surface area (Å²) in [6.45, 7) is 2.26. The number of carbonyl (C=O) groups is 2. The van der Waals surface area contributed by atoms with Crippen LogP contribution in [0.15, 0.2) is 53.1 Å². The molecule has 0 spiro atoms. The first-order valence-corrected chi connectivity index (χ1v) is 9.05. The molecule has 2 aromatic heterocycles. The minimum Gasteiger partial charge on any atom is -0.462 e. The lowest BCUT2D eigenvalue weighted by molar-refractivity contribution is -0.120. The van der Waals surface area contributed by atoms with Crippen LogP contribution in [0.25, 0.3) is 10.8 Å². The summed E-state index contributed by atoms with van der Waals surface area (Å²) in [5.41, 5.74) is 1.47. The van der Waals surface area contributed by atoms with E-state index in [0.29, 0.717) is 23.0 Å². The molecule has 26 heavy (non-hydrogen) atoms. The SMILES string of the molecule is Cc1sc(-c2ccco2)nc1C(=O)NCC(=O)NCCc1ccccc1. The fourth-order valence-corrected chi connectivity index (χ4v) is 3.29. The molecule has 2 heterocycles. The molecule has 134 valence electrons. The number of furan rings is 1. The Morgan fingerprint density at radius 2 is 1.92 bits per heavy atom. The van der Waals surface area contributed by atoms with Gasteiger partial charge in [0.15, 0.2) is 10.8 Å². The summed E-state index contributed by atoms with van der Waals surface area (Å²) in [6.07, 6.45) is 2.31. The van der Waals surface area contributed by atoms with E-state index in [0.717, 1.165) is 16.9 Å². The topological polar surface area (TPSA) is 84.2 Å². The van der Waals surface area contributed by atoms with Crippen molar-refractivity contribution in [1.82, 2.24) is 15.6 Å². The number of hydrogen-bond donors (Lipinski definition) is 2. The zero-order valence-electron chi connectivity index (χ0n) is 14.3. The van der Waals surface area contributed by atoms with Crippen molar-refractivity contribution in [1.29, 1.82) is 0 Å². The summed E-state index contributed by atoms with van der Waals surface area (Å²) in [7, 11) is 0. The van der Waals surface area contributed by atoms with Gasteiger partial charge in [0.25, 0.3) is 5.91 Å². The van der Waals surface area contributed by atoms with E-state index in [4.69, 9.17) is 4.42 Å². The van der Waals surface area contributed by atoms with Gasteiger partial charge in [-0.3, -0.25) is 9.59 Å². The van der Waals surface area contributed by atoms with Crippen molar-refractivity contribution in [2.24, 2.45) is 0 Å². The number of aromatic nitrogens is 1. The molecule has 1 aromatic carbocycles. The van der Waals surface area contributed by atoms with Gasteiger partial charge in [-0.15, -0.1) is 11.3 Å². The summed E-state index contributed by atoms with van der Waals surface area (Å²) in [5.74, 6) is 0.0268. The maximum atomic E-state index is 12.3. The molecule has 2 N–H and O–H groups in total. The van der Waals surface area contributed by atoms with Crippen molar-refractivity contribution in [2.45, 2.75) is 13.3 Å². The van der Waals surface area contributed by atoms with Crippen molar-refractivity contribution in [3.63, 3.8) is 0 Å². The Balaban J connectivity index is 1.47. The molecule has 0 unspecified atom stereocenters. The van der Waals surface area contributed by atoms with E-state index in [-0.39, 0.29) is 18.4 Å². The third-order valence-electron chi connectivity index (χ3n) is 3.73. The van der Waals surface area contributed by atoms with Crippen molar-refractivity contribution < 1.29 is 14.0 Å². The largest absolute Gasteiger partial charge is 0.462 e. The highest BCUT2D eigenvalue weighted by atomic mass is 32.1. The maximum Gasteiger partial charge on any atom is 0.271 e. The number of nitrogens with zero attached hydrogens (tertiary/aromatic N) is 1. The van der Waals surface area contributed by atoms with E-state index in [1.165, 1.54) is 11.3 Å². The lowest BCUT2D eigenvalue weighted by Gasteiger charge is -2.06. The van der Waals surface area contributed by atoms with E-state index >= 15 is 0 Å². The van der Waals surface area contributed by atoms with Gasteiger partial charge in [0, 0.05) is 11.4 Å². The third kappa shape index (κ3) is 4.58. The van der Waals surface area contributed by atoms with Crippen LogP contribution in [0.3, 0.4) is 0 Å². The standard InChI is InChI=1S/C19H19N3O3S/c1-13-17(22-19(26-13)15-8-5-11-25-15)18(24)21-12-16(23)20-10-9-14-6-3-2-4-7-14/h2-8,11H,9-10,12H2,1H3,(H,20,23)(H,21,24). The fourth-order valence-electron chi connectivity index (χ4n) is 2.41. The fraction of sp³-hybridized carbons (Fsp3) is 0.211. The molecular formula is C19H19N3O3S. The molecule has 0 saturated heterocycles. The van der Waals surface area contributed by atoms with Crippen LogP contribution in [0.2, 0.25) is 0 Å². The minimum absolute atomic E-state index is 0.0827. The second-order valence-electron chi connectivity index (χ2n) is 5.67. The number of rotatable bonds is 7. The number of amides is 2. The van der Waals surface area contributed by atoms with Crippen LogP contribution >= 0.6 is 11.3 Å². The van der Waals surface area contributed by atoms with Crippen LogP contribution in [0.4, 0.5) is 0 Å². The maximum absolute atomic E-state index is 12.3. The molecule has 0 bridgehead atoms. The molecule has 3 aromatic rings. The summed E-state index contributed by atoms with van der Waals surface area (Å²) in [5, 5.41) is 6.05. The van der Waals surface area contributed by atoms with E-state index in [2.05, 4.69) is 15.6 Å². The van der Waals surface area contributed by atoms with Crippen molar-refractivity contribution in [2.75, 3.05) is 13.1 Å². The Hall–Kier alpha value is -2.93. The van der Waals surface area contributed by atoms with Gasteiger partial charge in [0.2, 0.25) is 5.91 Å². The van der Waals surface area contributed by atoms with Gasteiger partial charge in [0.1, 0.15) is 5.69 Å². The first kappa shape index (κ1) is 17.9. The summed E-state index contributed by atoms with van der Waals surface area (Å²) in [4.78, 5) is 29.2. The first-order valence-electron chi connectivity index (χ1n) is 8.23. The molecule has 0 fully saturated rings. The average Bonchev–Trinajstić information content (AvgIpc) is 3.30. The Morgan fingerprint density at radius 1 is 1.12 bits per heavy atom. The molecule has 3 rings (SSSR count). The average molecular weight is 369 g/mol. The highest BCUT2D eigenvalue weighted by Gasteiger charge is 2.18. The van der Waals surface area contributed by atoms with Gasteiger partial charge in [-0.2, -0.15) is 0 Å². The zero-order chi connectivity index (χ0) is 18.4. The van der Waals surface area contributed by atoms with Crippen LogP contribution in [0, 0.1) is 6.92 Å². The Bertz CT molecular complexity index is 873. The number of thiazole rings is 1. The lowest BCUT2D eigenvalue weighted by Crippen LogP contribution is -2.38. The number of nitrogens with one attached hydrogen (secondary N) is 2. The summed E-state index contributed by atoms with van der Waals surface area (Å²) < 4.78 is 5.30. The number of hydrogen-bond acceptors (Lipinski definition) is 5. The van der Waals surface area contributed by atoms with Gasteiger partial charge < -0.3 is 15.1 Å². The van der Waals surface area contributed by atoms with Crippen LogP contribution < -0.4 is 10.6 Å². The first-order chi connectivity index (χ1) is 12.6. The molecule has 0 aliphatic carbocycles. The highest BCUT2D eigenvalue weighted by Crippen LogP contribution is 2.27. The predicted molar refractivity (Wildman–Crippen MR) is 100 cm³/mol. The number of aryl methyl sites for hydroxylation is 1. The highest BCUT2D eigenvalue weighted by molar-refractivity contribution is 7.15. The Kier molecular flexibility index (Phi) is 5.80. The molecule has 2 amide bonds. The summed E-state index contributed by atoms with van der Waals surface area (Å²) >= 11 is 1.38. The Morgan fingerprint density at radius 3 is 2.65 bits per heavy atom. The predicted octanol–water partition coefficient (Wildman–Crippen LogP) is 2.80. The van der Waals surface area contributed by atoms with Crippen molar-refractivity contribution >= 4 is 23.2 Å². The van der Waals surface area contributed by atoms with E-state index in [1.807, 2.05) is 37.3 Å². The van der Waals surface area contributed by atoms with Crippen molar-refractivity contribution in [3.05, 3.63) is 64.9 Å². The number of benzene rings is 1. The van der Waals surface area contributed by atoms with Gasteiger partial charge in [-0.25, -0.2) is 4.98 Å². The monoisotopic (exact) mass is 369 g/mol. The minimum atomic E-state index is -0.366. The lowest BCUT2D eigenvalue weighted by atomic mass is 10.1. The third-order valence-corrected chi connectivity index (χ3v) is 4.72. The van der Waals surface area contributed by atoms with E-state index < -0.39 is 0 Å². The molecule has 0 saturated carbocycles. The molecule has 0 radical (unpaired) electrons. The quantitative estimate of drug-likeness (QED) is 0.671. The second kappa shape index (κ2) is 8.44. The van der Waals surface area contributed by atoms with E-state index in [1.54, 1.807) is 18.4 Å². The van der Waals surface area contributed by atoms with Gasteiger partial charge in [-0.1, -0.05) is 30.3 Å². The molecule has 6 nitrogen and oxygen atoms in total. The van der Waals surface area contributed by atoms with Crippen LogP contribution in [0.5, 0.6) is 0 Å².